The van der Waals surface area contributed by atoms with E-state index in [2.05, 4.69) is 15.2 Å². The van der Waals surface area contributed by atoms with Gasteiger partial charge in [0, 0.05) is 26.6 Å². The Kier molecular flexibility index (Phi) is 5.24. The normalized spacial score (nSPS) is 12.4. The predicted molar refractivity (Wildman–Crippen MR) is 127 cm³/mol. The van der Waals surface area contributed by atoms with Crippen LogP contribution >= 0.6 is 22.6 Å². The molecule has 3 heterocycles. The minimum Gasteiger partial charge on any atom is -0.495 e. The van der Waals surface area contributed by atoms with Gasteiger partial charge in [0.1, 0.15) is 17.4 Å². The molecule has 5 rings (SSSR count). The minimum absolute atomic E-state index is 0.130. The first-order valence-corrected chi connectivity index (χ1v) is 10.9. The first-order valence-electron chi connectivity index (χ1n) is 9.87. The van der Waals surface area contributed by atoms with Gasteiger partial charge in [0.25, 0.3) is 0 Å². The summed E-state index contributed by atoms with van der Waals surface area (Å²) in [5.41, 5.74) is 3.10. The number of ether oxygens (including phenoxy) is 1. The van der Waals surface area contributed by atoms with Crippen LogP contribution in [0, 0.1) is 15.2 Å². The summed E-state index contributed by atoms with van der Waals surface area (Å²) in [5.74, 6) is 0.196. The van der Waals surface area contributed by atoms with E-state index < -0.39 is 5.82 Å². The van der Waals surface area contributed by atoms with Gasteiger partial charge >= 0.3 is 0 Å². The van der Waals surface area contributed by atoms with E-state index in [1.807, 2.05) is 53.8 Å². The van der Waals surface area contributed by atoms with Gasteiger partial charge in [-0.2, -0.15) is 0 Å². The van der Waals surface area contributed by atoms with E-state index in [1.165, 1.54) is 18.2 Å². The summed E-state index contributed by atoms with van der Waals surface area (Å²) in [6.45, 7) is 1.99. The minimum atomic E-state index is -0.514. The summed E-state index contributed by atoms with van der Waals surface area (Å²) in [6.07, 6.45) is 3.43. The maximum atomic E-state index is 14.9. The van der Waals surface area contributed by atoms with E-state index >= 15 is 0 Å². The number of methoxy groups -OCH3 is 1. The number of aromatic nitrogens is 4. The summed E-state index contributed by atoms with van der Waals surface area (Å²) in [5, 5.41) is 9.26. The van der Waals surface area contributed by atoms with E-state index in [1.54, 1.807) is 30.0 Å². The molecule has 0 aliphatic carbocycles. The molecule has 8 heteroatoms. The molecule has 0 N–H and O–H groups in total. The lowest BCUT2D eigenvalue weighted by Crippen LogP contribution is -2.04. The second-order valence-electron chi connectivity index (χ2n) is 7.54. The van der Waals surface area contributed by atoms with Gasteiger partial charge in [0.15, 0.2) is 11.5 Å². The van der Waals surface area contributed by atoms with Crippen molar-refractivity contribution in [1.82, 2.24) is 19.6 Å². The third-order valence-electron chi connectivity index (χ3n) is 5.49. The molecule has 0 radical (unpaired) electrons. The molecule has 0 bridgehead atoms. The van der Waals surface area contributed by atoms with Crippen LogP contribution in [0.2, 0.25) is 0 Å². The molecule has 160 valence electrons. The van der Waals surface area contributed by atoms with Crippen LogP contribution in [0.5, 0.6) is 5.75 Å². The second kappa shape index (κ2) is 8.09. The van der Waals surface area contributed by atoms with Gasteiger partial charge in [-0.3, -0.25) is 9.38 Å². The third kappa shape index (κ3) is 3.68. The van der Waals surface area contributed by atoms with E-state index in [0.29, 0.717) is 22.7 Å². The third-order valence-corrected chi connectivity index (χ3v) is 6.11. The molecule has 0 amide bonds. The van der Waals surface area contributed by atoms with Crippen LogP contribution in [0.3, 0.4) is 0 Å². The lowest BCUT2D eigenvalue weighted by atomic mass is 9.98. The molecule has 3 aromatic heterocycles. The first kappa shape index (κ1) is 20.7. The van der Waals surface area contributed by atoms with Crippen LogP contribution in [0.25, 0.3) is 27.7 Å². The number of halogens is 3. The highest BCUT2D eigenvalue weighted by Gasteiger charge is 2.19. The highest BCUT2D eigenvalue weighted by Crippen LogP contribution is 2.30. The number of hydrogen-bond donors (Lipinski definition) is 0. The average molecular weight is 542 g/mol. The van der Waals surface area contributed by atoms with Gasteiger partial charge in [-0.15, -0.1) is 10.2 Å². The van der Waals surface area contributed by atoms with Gasteiger partial charge in [-0.05, 0) is 76.2 Å². The number of nitrogens with zero attached hydrogens (tertiary/aromatic N) is 4. The second-order valence-corrected chi connectivity index (χ2v) is 8.78. The summed E-state index contributed by atoms with van der Waals surface area (Å²) in [6, 6.07) is 13.8. The highest BCUT2D eigenvalue weighted by atomic mass is 127. The van der Waals surface area contributed by atoms with Crippen molar-refractivity contribution in [2.24, 2.45) is 0 Å². The van der Waals surface area contributed by atoms with Gasteiger partial charge in [0.2, 0.25) is 0 Å². The predicted octanol–water partition coefficient (Wildman–Crippen LogP) is 5.99. The largest absolute Gasteiger partial charge is 0.495 e. The zero-order valence-electron chi connectivity index (χ0n) is 17.2. The van der Waals surface area contributed by atoms with E-state index in [9.17, 15) is 8.78 Å². The van der Waals surface area contributed by atoms with Crippen molar-refractivity contribution in [3.63, 3.8) is 0 Å². The van der Waals surface area contributed by atoms with Crippen LogP contribution in [-0.2, 0) is 0 Å². The number of benzene rings is 2. The molecule has 32 heavy (non-hydrogen) atoms. The van der Waals surface area contributed by atoms with Gasteiger partial charge < -0.3 is 4.74 Å². The molecule has 5 aromatic rings. The molecule has 0 spiro atoms. The number of rotatable bonds is 4. The fourth-order valence-corrected chi connectivity index (χ4v) is 4.44. The van der Waals surface area contributed by atoms with Gasteiger partial charge in [-0.1, -0.05) is 13.0 Å². The molecule has 0 saturated carbocycles. The lowest BCUT2D eigenvalue weighted by Gasteiger charge is -2.13. The molecule has 5 nitrogen and oxygen atoms in total. The monoisotopic (exact) mass is 542 g/mol. The molecule has 2 aromatic carbocycles. The van der Waals surface area contributed by atoms with E-state index in [4.69, 9.17) is 4.74 Å². The molecule has 0 aliphatic rings. The van der Waals surface area contributed by atoms with Crippen molar-refractivity contribution in [2.75, 3.05) is 7.11 Å². The van der Waals surface area contributed by atoms with Crippen molar-refractivity contribution in [3.05, 3.63) is 87.5 Å². The molecule has 0 saturated heterocycles. The van der Waals surface area contributed by atoms with Crippen molar-refractivity contribution < 1.29 is 13.5 Å². The molecule has 0 fully saturated rings. The van der Waals surface area contributed by atoms with Gasteiger partial charge in [0.05, 0.1) is 18.8 Å². The fraction of sp³-hybridized carbons (Fsp3) is 0.125. The molecule has 1 atom stereocenters. The smallest absolute Gasteiger partial charge is 0.196 e. The van der Waals surface area contributed by atoms with Crippen molar-refractivity contribution in [3.8, 4) is 16.9 Å². The number of fused-ring (bicyclic) bond motifs is 2. The Balaban J connectivity index is 1.62. The molecular formula is C24H17F2IN4O. The van der Waals surface area contributed by atoms with Crippen LogP contribution in [-0.4, -0.2) is 26.7 Å². The zero-order chi connectivity index (χ0) is 22.4. The summed E-state index contributed by atoms with van der Waals surface area (Å²) >= 11 is 2.04. The Morgan fingerprint density at radius 2 is 1.84 bits per heavy atom. The van der Waals surface area contributed by atoms with Crippen molar-refractivity contribution in [1.29, 1.82) is 0 Å². The Morgan fingerprint density at radius 1 is 1.00 bits per heavy atom. The van der Waals surface area contributed by atoms with Crippen LogP contribution in [0.1, 0.15) is 24.2 Å². The van der Waals surface area contributed by atoms with Crippen LogP contribution in [0.4, 0.5) is 8.78 Å². The van der Waals surface area contributed by atoms with Crippen LogP contribution < -0.4 is 4.74 Å². The standard InChI is InChI=1S/C24H17F2IN4O/c1-13(14-3-4-22-16(5-14)8-20(32-2)11-28-22)23-29-30-24-21(26)9-17(12-31(23)24)15-6-18(25)10-19(27)7-15/h3-13H,1-2H3/t13-/m0/s1. The van der Waals surface area contributed by atoms with E-state index in [0.717, 1.165) is 20.0 Å². The quantitative estimate of drug-likeness (QED) is 0.262. The Morgan fingerprint density at radius 3 is 2.62 bits per heavy atom. The first-order chi connectivity index (χ1) is 15.4. The molecular weight excluding hydrogens is 525 g/mol. The fourth-order valence-electron chi connectivity index (χ4n) is 3.80. The lowest BCUT2D eigenvalue weighted by molar-refractivity contribution is 0.414. The SMILES string of the molecule is COc1cnc2ccc([C@H](C)c3nnc4c(F)cc(-c5cc(F)cc(I)c5)cn34)cc2c1. The van der Waals surface area contributed by atoms with Crippen LogP contribution in [0.15, 0.2) is 60.9 Å². The summed E-state index contributed by atoms with van der Waals surface area (Å²) < 4.78 is 36.4. The maximum Gasteiger partial charge on any atom is 0.196 e. The maximum absolute atomic E-state index is 14.9. The molecule has 0 aliphatic heterocycles. The number of pyridine rings is 2. The average Bonchev–Trinajstić information content (AvgIpc) is 3.21. The topological polar surface area (TPSA) is 52.3 Å². The van der Waals surface area contributed by atoms with Crippen molar-refractivity contribution in [2.45, 2.75) is 12.8 Å². The number of hydrogen-bond acceptors (Lipinski definition) is 4. The zero-order valence-corrected chi connectivity index (χ0v) is 19.3. The highest BCUT2D eigenvalue weighted by molar-refractivity contribution is 14.1. The molecule has 0 unspecified atom stereocenters. The Hall–Kier alpha value is -3.14. The van der Waals surface area contributed by atoms with E-state index in [-0.39, 0.29) is 17.4 Å². The Labute approximate surface area is 196 Å². The van der Waals surface area contributed by atoms with Gasteiger partial charge in [-0.25, -0.2) is 8.78 Å². The Bertz CT molecular complexity index is 1460. The summed E-state index contributed by atoms with van der Waals surface area (Å²) in [7, 11) is 1.60. The summed E-state index contributed by atoms with van der Waals surface area (Å²) in [4.78, 5) is 4.40. The van der Waals surface area contributed by atoms with Crippen molar-refractivity contribution >= 4 is 39.1 Å².